The minimum absolute atomic E-state index is 0.137. The Morgan fingerprint density at radius 2 is 1.61 bits per heavy atom. The van der Waals surface area contributed by atoms with Crippen molar-refractivity contribution in [1.82, 2.24) is 4.98 Å². The molecule has 33 heavy (non-hydrogen) atoms. The number of ether oxygens (including phenoxy) is 2. The maximum atomic E-state index is 13.6. The van der Waals surface area contributed by atoms with Gasteiger partial charge in [-0.3, -0.25) is 9.10 Å². The molecule has 0 aliphatic heterocycles. The SMILES string of the molecule is CCOc1ccc(N(Cc2cc3cc(OC)ccc3[nH]c2=O)S(=O)(=O)c2ccccc2)cc1. The van der Waals surface area contributed by atoms with E-state index >= 15 is 0 Å². The van der Waals surface area contributed by atoms with Gasteiger partial charge >= 0.3 is 0 Å². The molecule has 4 aromatic rings. The van der Waals surface area contributed by atoms with Gasteiger partial charge < -0.3 is 14.5 Å². The first-order valence-electron chi connectivity index (χ1n) is 10.4. The minimum atomic E-state index is -3.95. The molecule has 0 atom stereocenters. The van der Waals surface area contributed by atoms with Crippen molar-refractivity contribution in [2.24, 2.45) is 0 Å². The van der Waals surface area contributed by atoms with Crippen molar-refractivity contribution in [1.29, 1.82) is 0 Å². The quantitative estimate of drug-likeness (QED) is 0.419. The first-order valence-corrected chi connectivity index (χ1v) is 11.9. The van der Waals surface area contributed by atoms with Gasteiger partial charge in [-0.25, -0.2) is 8.42 Å². The Bertz CT molecular complexity index is 1420. The molecule has 0 aliphatic rings. The van der Waals surface area contributed by atoms with E-state index in [9.17, 15) is 13.2 Å². The van der Waals surface area contributed by atoms with Crippen molar-refractivity contribution < 1.29 is 17.9 Å². The fourth-order valence-corrected chi connectivity index (χ4v) is 5.00. The molecule has 0 bridgehead atoms. The number of nitrogens with zero attached hydrogens (tertiary/aromatic N) is 1. The summed E-state index contributed by atoms with van der Waals surface area (Å²) in [4.78, 5) is 15.8. The lowest BCUT2D eigenvalue weighted by molar-refractivity contribution is 0.340. The highest BCUT2D eigenvalue weighted by Gasteiger charge is 2.26. The predicted octanol–water partition coefficient (Wildman–Crippen LogP) is 4.33. The summed E-state index contributed by atoms with van der Waals surface area (Å²) in [7, 11) is -2.38. The van der Waals surface area contributed by atoms with Gasteiger partial charge in [0, 0.05) is 16.5 Å². The van der Waals surface area contributed by atoms with Crippen molar-refractivity contribution in [3.63, 3.8) is 0 Å². The highest BCUT2D eigenvalue weighted by atomic mass is 32.2. The topological polar surface area (TPSA) is 88.7 Å². The number of aromatic nitrogens is 1. The smallest absolute Gasteiger partial charge is 0.264 e. The van der Waals surface area contributed by atoms with Gasteiger partial charge in [-0.05, 0) is 67.6 Å². The number of hydrogen-bond donors (Lipinski definition) is 1. The molecule has 1 N–H and O–H groups in total. The van der Waals surface area contributed by atoms with Crippen molar-refractivity contribution in [3.05, 3.63) is 94.8 Å². The van der Waals surface area contributed by atoms with E-state index in [1.54, 1.807) is 73.8 Å². The fourth-order valence-electron chi connectivity index (χ4n) is 3.54. The average molecular weight is 465 g/mol. The Kier molecular flexibility index (Phi) is 6.37. The normalized spacial score (nSPS) is 11.3. The molecule has 8 heteroatoms. The zero-order chi connectivity index (χ0) is 23.4. The van der Waals surface area contributed by atoms with Crippen LogP contribution in [0.1, 0.15) is 12.5 Å². The van der Waals surface area contributed by atoms with E-state index in [0.29, 0.717) is 34.9 Å². The Hall–Kier alpha value is -3.78. The monoisotopic (exact) mass is 464 g/mol. The number of anilines is 1. The van der Waals surface area contributed by atoms with E-state index in [4.69, 9.17) is 9.47 Å². The largest absolute Gasteiger partial charge is 0.497 e. The second-order valence-electron chi connectivity index (χ2n) is 7.33. The van der Waals surface area contributed by atoms with Gasteiger partial charge in [0.25, 0.3) is 15.6 Å². The van der Waals surface area contributed by atoms with Crippen LogP contribution >= 0.6 is 0 Å². The Morgan fingerprint density at radius 3 is 2.27 bits per heavy atom. The minimum Gasteiger partial charge on any atom is -0.497 e. The number of benzene rings is 3. The van der Waals surface area contributed by atoms with Crippen LogP contribution in [-0.2, 0) is 16.6 Å². The van der Waals surface area contributed by atoms with Gasteiger partial charge in [0.05, 0.1) is 30.8 Å². The maximum Gasteiger partial charge on any atom is 0.264 e. The number of fused-ring (bicyclic) bond motifs is 1. The molecule has 0 unspecified atom stereocenters. The van der Waals surface area contributed by atoms with Crippen LogP contribution in [0.15, 0.2) is 88.6 Å². The third-order valence-corrected chi connectivity index (χ3v) is 7.00. The van der Waals surface area contributed by atoms with Gasteiger partial charge in [-0.1, -0.05) is 18.2 Å². The zero-order valence-corrected chi connectivity index (χ0v) is 19.1. The summed E-state index contributed by atoms with van der Waals surface area (Å²) in [6.45, 7) is 2.23. The van der Waals surface area contributed by atoms with Gasteiger partial charge in [0.2, 0.25) is 0 Å². The summed E-state index contributed by atoms with van der Waals surface area (Å²) in [5, 5.41) is 0.743. The molecule has 0 fully saturated rings. The number of nitrogens with one attached hydrogen (secondary N) is 1. The van der Waals surface area contributed by atoms with E-state index in [2.05, 4.69) is 4.98 Å². The van der Waals surface area contributed by atoms with Crippen LogP contribution in [0.2, 0.25) is 0 Å². The highest BCUT2D eigenvalue weighted by molar-refractivity contribution is 7.92. The van der Waals surface area contributed by atoms with E-state index in [1.807, 2.05) is 6.92 Å². The molecule has 0 amide bonds. The molecule has 1 aromatic heterocycles. The van der Waals surface area contributed by atoms with E-state index in [-0.39, 0.29) is 17.0 Å². The molecule has 0 saturated heterocycles. The van der Waals surface area contributed by atoms with Crippen LogP contribution in [-0.4, -0.2) is 27.1 Å². The molecule has 170 valence electrons. The van der Waals surface area contributed by atoms with Gasteiger partial charge in [-0.2, -0.15) is 0 Å². The number of H-pyrrole nitrogens is 1. The van der Waals surface area contributed by atoms with Crippen molar-refractivity contribution in [2.45, 2.75) is 18.4 Å². The molecular weight excluding hydrogens is 440 g/mol. The lowest BCUT2D eigenvalue weighted by atomic mass is 10.1. The third-order valence-electron chi connectivity index (χ3n) is 5.21. The van der Waals surface area contributed by atoms with E-state index < -0.39 is 10.0 Å². The highest BCUT2D eigenvalue weighted by Crippen LogP contribution is 2.28. The summed E-state index contributed by atoms with van der Waals surface area (Å²) in [6.07, 6.45) is 0. The Labute approximate surface area is 192 Å². The number of hydrogen-bond acceptors (Lipinski definition) is 5. The maximum absolute atomic E-state index is 13.6. The molecule has 0 spiro atoms. The molecule has 4 rings (SSSR count). The average Bonchev–Trinajstić information content (AvgIpc) is 2.83. The molecule has 0 radical (unpaired) electrons. The molecule has 0 aliphatic carbocycles. The fraction of sp³-hybridized carbons (Fsp3) is 0.160. The van der Waals surface area contributed by atoms with Gasteiger partial charge in [0.1, 0.15) is 11.5 Å². The van der Waals surface area contributed by atoms with Crippen molar-refractivity contribution in [2.75, 3.05) is 18.0 Å². The lowest BCUT2D eigenvalue weighted by Gasteiger charge is -2.25. The molecular formula is C25H24N2O5S. The Balaban J connectivity index is 1.81. The molecule has 1 heterocycles. The first kappa shape index (κ1) is 22.4. The second-order valence-corrected chi connectivity index (χ2v) is 9.19. The van der Waals surface area contributed by atoms with Crippen LogP contribution in [0, 0.1) is 0 Å². The predicted molar refractivity (Wildman–Crippen MR) is 129 cm³/mol. The number of sulfonamides is 1. The number of rotatable bonds is 8. The summed E-state index contributed by atoms with van der Waals surface area (Å²) in [5.74, 6) is 1.27. The lowest BCUT2D eigenvalue weighted by Crippen LogP contribution is -2.33. The zero-order valence-electron chi connectivity index (χ0n) is 18.3. The number of methoxy groups -OCH3 is 1. The van der Waals surface area contributed by atoms with Crippen LogP contribution in [0.4, 0.5) is 5.69 Å². The van der Waals surface area contributed by atoms with Crippen LogP contribution in [0.25, 0.3) is 10.9 Å². The second kappa shape index (κ2) is 9.38. The third kappa shape index (κ3) is 4.70. The summed E-state index contributed by atoms with van der Waals surface area (Å²) >= 11 is 0. The summed E-state index contributed by atoms with van der Waals surface area (Å²) < 4.78 is 39.2. The van der Waals surface area contributed by atoms with Gasteiger partial charge in [0.15, 0.2) is 0 Å². The number of pyridine rings is 1. The van der Waals surface area contributed by atoms with Crippen LogP contribution in [0.5, 0.6) is 11.5 Å². The van der Waals surface area contributed by atoms with Crippen molar-refractivity contribution >= 4 is 26.6 Å². The van der Waals surface area contributed by atoms with Crippen LogP contribution < -0.4 is 19.3 Å². The molecule has 3 aromatic carbocycles. The first-order chi connectivity index (χ1) is 15.9. The molecule has 7 nitrogen and oxygen atoms in total. The summed E-state index contributed by atoms with van der Waals surface area (Å²) in [5.41, 5.74) is 1.02. The van der Waals surface area contributed by atoms with Crippen molar-refractivity contribution in [3.8, 4) is 11.5 Å². The van der Waals surface area contributed by atoms with Gasteiger partial charge in [-0.15, -0.1) is 0 Å². The molecule has 0 saturated carbocycles. The number of aromatic amines is 1. The van der Waals surface area contributed by atoms with E-state index in [0.717, 1.165) is 5.39 Å². The standard InChI is InChI=1S/C25H24N2O5S/c1-3-32-21-11-9-20(10-12-21)27(33(29,30)23-7-5-4-6-8-23)17-19-15-18-16-22(31-2)13-14-24(18)26-25(19)28/h4-16H,3,17H2,1-2H3,(H,26,28). The Morgan fingerprint density at radius 1 is 0.909 bits per heavy atom. The summed E-state index contributed by atoms with van der Waals surface area (Å²) in [6, 6.07) is 21.9. The van der Waals surface area contributed by atoms with Crippen LogP contribution in [0.3, 0.4) is 0 Å². The van der Waals surface area contributed by atoms with E-state index in [1.165, 1.54) is 16.4 Å².